The summed E-state index contributed by atoms with van der Waals surface area (Å²) in [5.74, 6) is -1.13. The number of nitrogens with zero attached hydrogens (tertiary/aromatic N) is 4. The van der Waals surface area contributed by atoms with Crippen LogP contribution >= 0.6 is 0 Å². The van der Waals surface area contributed by atoms with E-state index in [-0.39, 0.29) is 28.7 Å². The number of rotatable bonds is 3. The van der Waals surface area contributed by atoms with Crippen molar-refractivity contribution >= 4 is 17.6 Å². The smallest absolute Gasteiger partial charge is 0.337 e. The molecule has 0 spiro atoms. The number of nitrogens with two attached hydrogens (primary N) is 1. The van der Waals surface area contributed by atoms with E-state index < -0.39 is 5.97 Å². The van der Waals surface area contributed by atoms with Crippen molar-refractivity contribution in [3.05, 3.63) is 35.8 Å². The molecule has 0 saturated heterocycles. The lowest BCUT2D eigenvalue weighted by Gasteiger charge is -2.07. The Balaban J connectivity index is 2.40. The third-order valence-electron chi connectivity index (χ3n) is 2.60. The minimum atomic E-state index is -1.15. The fourth-order valence-electron chi connectivity index (χ4n) is 1.56. The molecular formula is C12H13N5O3. The van der Waals surface area contributed by atoms with Crippen LogP contribution in [0.3, 0.4) is 0 Å². The van der Waals surface area contributed by atoms with Crippen LogP contribution in [-0.2, 0) is 0 Å². The largest absolute Gasteiger partial charge is 0.478 e. The van der Waals surface area contributed by atoms with E-state index in [2.05, 4.69) is 10.1 Å². The van der Waals surface area contributed by atoms with E-state index in [9.17, 15) is 9.59 Å². The summed E-state index contributed by atoms with van der Waals surface area (Å²) in [5.41, 5.74) is 5.77. The quantitative estimate of drug-likeness (QED) is 0.829. The van der Waals surface area contributed by atoms with E-state index in [0.29, 0.717) is 0 Å². The molecule has 2 heterocycles. The number of anilines is 1. The van der Waals surface area contributed by atoms with Gasteiger partial charge < -0.3 is 15.7 Å². The van der Waals surface area contributed by atoms with Crippen LogP contribution in [0.4, 0.5) is 5.69 Å². The molecule has 0 aliphatic heterocycles. The van der Waals surface area contributed by atoms with Gasteiger partial charge in [-0.25, -0.2) is 14.5 Å². The fourth-order valence-corrected chi connectivity index (χ4v) is 1.56. The van der Waals surface area contributed by atoms with E-state index in [1.807, 2.05) is 0 Å². The maximum Gasteiger partial charge on any atom is 0.337 e. The SMILES string of the molecule is CN(C)C(=O)c1ccn(-c2cc(C(=O)O)c(N)cn2)n1. The van der Waals surface area contributed by atoms with Gasteiger partial charge in [-0.15, -0.1) is 0 Å². The van der Waals surface area contributed by atoms with Gasteiger partial charge in [0.15, 0.2) is 11.5 Å². The first kappa shape index (κ1) is 13.5. The lowest BCUT2D eigenvalue weighted by molar-refractivity contribution is 0.0697. The van der Waals surface area contributed by atoms with E-state index in [1.165, 1.54) is 34.1 Å². The molecule has 0 atom stereocenters. The molecule has 0 bridgehead atoms. The maximum atomic E-state index is 11.7. The summed E-state index contributed by atoms with van der Waals surface area (Å²) in [6.45, 7) is 0. The maximum absolute atomic E-state index is 11.7. The van der Waals surface area contributed by atoms with Gasteiger partial charge in [-0.3, -0.25) is 4.79 Å². The highest BCUT2D eigenvalue weighted by atomic mass is 16.4. The van der Waals surface area contributed by atoms with Crippen molar-refractivity contribution in [3.63, 3.8) is 0 Å². The summed E-state index contributed by atoms with van der Waals surface area (Å²) < 4.78 is 1.32. The molecule has 0 aromatic carbocycles. The lowest BCUT2D eigenvalue weighted by Crippen LogP contribution is -2.22. The summed E-state index contributed by atoms with van der Waals surface area (Å²) in [4.78, 5) is 28.1. The van der Waals surface area contributed by atoms with Crippen LogP contribution in [0, 0.1) is 0 Å². The second-order valence-electron chi connectivity index (χ2n) is 4.28. The van der Waals surface area contributed by atoms with Gasteiger partial charge in [-0.1, -0.05) is 0 Å². The van der Waals surface area contributed by atoms with Crippen molar-refractivity contribution in [1.82, 2.24) is 19.7 Å². The Bertz CT molecular complexity index is 677. The van der Waals surface area contributed by atoms with Gasteiger partial charge in [0.2, 0.25) is 0 Å². The number of pyridine rings is 1. The molecule has 8 heteroatoms. The third-order valence-corrected chi connectivity index (χ3v) is 2.60. The Morgan fingerprint density at radius 3 is 2.70 bits per heavy atom. The zero-order chi connectivity index (χ0) is 14.9. The number of carboxylic acid groups (broad SMARTS) is 1. The highest BCUT2D eigenvalue weighted by Gasteiger charge is 2.14. The molecule has 2 rings (SSSR count). The van der Waals surface area contributed by atoms with E-state index in [1.54, 1.807) is 14.1 Å². The first-order valence-electron chi connectivity index (χ1n) is 5.66. The summed E-state index contributed by atoms with van der Waals surface area (Å²) in [6, 6.07) is 2.83. The zero-order valence-corrected chi connectivity index (χ0v) is 10.9. The monoisotopic (exact) mass is 275 g/mol. The zero-order valence-electron chi connectivity index (χ0n) is 10.9. The van der Waals surface area contributed by atoms with E-state index in [0.717, 1.165) is 0 Å². The van der Waals surface area contributed by atoms with Crippen molar-refractivity contribution < 1.29 is 14.7 Å². The number of carboxylic acids is 1. The third kappa shape index (κ3) is 2.44. The number of amides is 1. The van der Waals surface area contributed by atoms with Crippen molar-refractivity contribution in [2.75, 3.05) is 19.8 Å². The first-order valence-corrected chi connectivity index (χ1v) is 5.66. The average Bonchev–Trinajstić information content (AvgIpc) is 2.87. The fraction of sp³-hybridized carbons (Fsp3) is 0.167. The summed E-state index contributed by atoms with van der Waals surface area (Å²) in [5, 5.41) is 13.1. The number of hydrogen-bond donors (Lipinski definition) is 2. The molecule has 3 N–H and O–H groups in total. The molecule has 0 saturated carbocycles. The highest BCUT2D eigenvalue weighted by molar-refractivity contribution is 5.94. The Kier molecular flexibility index (Phi) is 3.38. The van der Waals surface area contributed by atoms with Crippen LogP contribution in [0.1, 0.15) is 20.8 Å². The summed E-state index contributed by atoms with van der Waals surface area (Å²) in [6.07, 6.45) is 2.77. The van der Waals surface area contributed by atoms with Crippen molar-refractivity contribution in [2.45, 2.75) is 0 Å². The van der Waals surface area contributed by atoms with E-state index in [4.69, 9.17) is 10.8 Å². The molecule has 8 nitrogen and oxygen atoms in total. The Hall–Kier alpha value is -2.90. The number of nitrogen functional groups attached to an aromatic ring is 1. The molecule has 0 fully saturated rings. The Morgan fingerprint density at radius 2 is 2.10 bits per heavy atom. The van der Waals surface area contributed by atoms with Gasteiger partial charge in [0.05, 0.1) is 17.4 Å². The van der Waals surface area contributed by atoms with Crippen LogP contribution in [0.2, 0.25) is 0 Å². The molecule has 0 aliphatic rings. The summed E-state index contributed by atoms with van der Waals surface area (Å²) in [7, 11) is 3.23. The molecular weight excluding hydrogens is 262 g/mol. The van der Waals surface area contributed by atoms with Crippen molar-refractivity contribution in [1.29, 1.82) is 0 Å². The second-order valence-corrected chi connectivity index (χ2v) is 4.28. The number of carbonyl (C=O) groups is 2. The van der Waals surface area contributed by atoms with Crippen molar-refractivity contribution in [3.8, 4) is 5.82 Å². The van der Waals surface area contributed by atoms with Crippen LogP contribution in [0.25, 0.3) is 5.82 Å². The molecule has 2 aromatic rings. The van der Waals surface area contributed by atoms with Crippen LogP contribution in [0.15, 0.2) is 24.5 Å². The van der Waals surface area contributed by atoms with Gasteiger partial charge in [0, 0.05) is 20.3 Å². The normalized spacial score (nSPS) is 10.3. The average molecular weight is 275 g/mol. The van der Waals surface area contributed by atoms with Gasteiger partial charge in [0.1, 0.15) is 0 Å². The molecule has 2 aromatic heterocycles. The first-order chi connectivity index (χ1) is 9.40. The van der Waals surface area contributed by atoms with E-state index >= 15 is 0 Å². The summed E-state index contributed by atoms with van der Waals surface area (Å²) >= 11 is 0. The molecule has 1 amide bonds. The second kappa shape index (κ2) is 5.00. The minimum absolute atomic E-state index is 0.0639. The molecule has 0 aliphatic carbocycles. The predicted octanol–water partition coefficient (Wildman–Crippen LogP) is 0.249. The van der Waals surface area contributed by atoms with Gasteiger partial charge in [0.25, 0.3) is 5.91 Å². The number of hydrogen-bond acceptors (Lipinski definition) is 5. The topological polar surface area (TPSA) is 114 Å². The predicted molar refractivity (Wildman–Crippen MR) is 70.7 cm³/mol. The molecule has 0 unspecified atom stereocenters. The number of aromatic carboxylic acids is 1. The minimum Gasteiger partial charge on any atom is -0.478 e. The van der Waals surface area contributed by atoms with Crippen molar-refractivity contribution in [2.24, 2.45) is 0 Å². The van der Waals surface area contributed by atoms with Crippen LogP contribution < -0.4 is 5.73 Å². The Labute approximate surface area is 114 Å². The van der Waals surface area contributed by atoms with Gasteiger partial charge in [-0.05, 0) is 12.1 Å². The highest BCUT2D eigenvalue weighted by Crippen LogP contribution is 2.14. The molecule has 20 heavy (non-hydrogen) atoms. The lowest BCUT2D eigenvalue weighted by atomic mass is 10.2. The van der Waals surface area contributed by atoms with Crippen LogP contribution in [0.5, 0.6) is 0 Å². The van der Waals surface area contributed by atoms with Gasteiger partial charge in [-0.2, -0.15) is 5.10 Å². The standard InChI is InChI=1S/C12H13N5O3/c1-16(2)11(18)9-3-4-17(15-9)10-5-7(12(19)20)8(13)6-14-10/h3-6H,13H2,1-2H3,(H,19,20). The number of carbonyl (C=O) groups excluding carboxylic acids is 1. The van der Waals surface area contributed by atoms with Gasteiger partial charge >= 0.3 is 5.97 Å². The Morgan fingerprint density at radius 1 is 1.40 bits per heavy atom. The molecule has 104 valence electrons. The van der Waals surface area contributed by atoms with Crippen LogP contribution in [-0.4, -0.2) is 50.7 Å². The number of aromatic nitrogens is 3. The molecule has 0 radical (unpaired) electrons.